The monoisotopic (exact) mass is 428 g/mol. The number of methoxy groups -OCH3 is 1. The van der Waals surface area contributed by atoms with Crippen LogP contribution in [0.5, 0.6) is 5.75 Å². The van der Waals surface area contributed by atoms with Crippen molar-refractivity contribution in [2.45, 2.75) is 50.4 Å². The molecule has 3 aromatic rings. The lowest BCUT2D eigenvalue weighted by Gasteiger charge is -2.18. The zero-order valence-corrected chi connectivity index (χ0v) is 18.6. The molecule has 0 aliphatic heterocycles. The molecule has 0 unspecified atom stereocenters. The molecule has 160 valence electrons. The lowest BCUT2D eigenvalue weighted by Crippen LogP contribution is -2.33. The number of aromatic nitrogens is 4. The molecule has 3 N–H and O–H groups in total. The molecule has 1 amide bonds. The third-order valence-corrected chi connectivity index (χ3v) is 6.17. The number of carbonyl (C=O) groups excluding carboxylic acids is 1. The summed E-state index contributed by atoms with van der Waals surface area (Å²) in [5.74, 6) is 0.721. The number of aromatic amines is 1. The average molecular weight is 429 g/mol. The van der Waals surface area contributed by atoms with Crippen molar-refractivity contribution in [1.29, 1.82) is 5.41 Å². The highest BCUT2D eigenvalue weighted by molar-refractivity contribution is 8.00. The molecule has 0 spiro atoms. The number of hydrogen-bond acceptors (Lipinski definition) is 6. The topological polar surface area (TPSA) is 109 Å². The minimum absolute atomic E-state index is 0.0103. The summed E-state index contributed by atoms with van der Waals surface area (Å²) in [4.78, 5) is 17.4. The summed E-state index contributed by atoms with van der Waals surface area (Å²) >= 11 is 1.36. The number of thioether (sulfide) groups is 1. The molecule has 1 atom stereocenters. The summed E-state index contributed by atoms with van der Waals surface area (Å²) in [5.41, 5.74) is 2.32. The molecule has 3 rings (SSSR count). The molecule has 2 aromatic heterocycles. The Morgan fingerprint density at radius 1 is 1.33 bits per heavy atom. The highest BCUT2D eigenvalue weighted by atomic mass is 32.2. The Kier molecular flexibility index (Phi) is 7.15. The van der Waals surface area contributed by atoms with Crippen LogP contribution in [0.25, 0.3) is 16.7 Å². The molecule has 0 aliphatic carbocycles. The number of aryl methyl sites for hydroxylation is 1. The number of nitrogens with zero attached hydrogens (tertiary/aromatic N) is 3. The fourth-order valence-electron chi connectivity index (χ4n) is 3.13. The van der Waals surface area contributed by atoms with Crippen LogP contribution in [0.1, 0.15) is 38.8 Å². The first kappa shape index (κ1) is 21.9. The third-order valence-electron chi connectivity index (χ3n) is 4.85. The molecule has 0 saturated carbocycles. The van der Waals surface area contributed by atoms with Crippen LogP contribution in [0.3, 0.4) is 0 Å². The highest BCUT2D eigenvalue weighted by Gasteiger charge is 2.22. The first-order valence-corrected chi connectivity index (χ1v) is 11.0. The van der Waals surface area contributed by atoms with Gasteiger partial charge in [0.1, 0.15) is 11.2 Å². The van der Waals surface area contributed by atoms with Crippen molar-refractivity contribution in [2.24, 2.45) is 0 Å². The first-order valence-electron chi connectivity index (χ1n) is 10.1. The van der Waals surface area contributed by atoms with Crippen LogP contribution in [0.15, 0.2) is 29.4 Å². The number of amides is 1. The average Bonchev–Trinajstić information content (AvgIpc) is 3.13. The summed E-state index contributed by atoms with van der Waals surface area (Å²) in [6.45, 7) is 6.61. The van der Waals surface area contributed by atoms with Gasteiger partial charge in [0.2, 0.25) is 5.91 Å². The minimum atomic E-state index is -0.309. The summed E-state index contributed by atoms with van der Waals surface area (Å²) in [5, 5.41) is 19.9. The fourth-order valence-corrected chi connectivity index (χ4v) is 4.18. The van der Waals surface area contributed by atoms with Crippen molar-refractivity contribution in [3.63, 3.8) is 0 Å². The Hall–Kier alpha value is -2.81. The van der Waals surface area contributed by atoms with Crippen molar-refractivity contribution in [3.8, 4) is 11.4 Å². The predicted octanol–water partition coefficient (Wildman–Crippen LogP) is 3.33. The van der Waals surface area contributed by atoms with Gasteiger partial charge in [-0.3, -0.25) is 19.9 Å². The van der Waals surface area contributed by atoms with Crippen LogP contribution < -0.4 is 15.5 Å². The Balaban J connectivity index is 2.05. The second kappa shape index (κ2) is 9.80. The summed E-state index contributed by atoms with van der Waals surface area (Å²) in [6, 6.07) is 7.45. The second-order valence-electron chi connectivity index (χ2n) is 6.98. The third kappa shape index (κ3) is 4.51. The van der Waals surface area contributed by atoms with Crippen molar-refractivity contribution in [2.75, 3.05) is 13.7 Å². The lowest BCUT2D eigenvalue weighted by molar-refractivity contribution is -0.120. The molecule has 30 heavy (non-hydrogen) atoms. The van der Waals surface area contributed by atoms with Crippen LogP contribution >= 0.6 is 11.8 Å². The van der Waals surface area contributed by atoms with Crippen LogP contribution in [-0.2, 0) is 4.79 Å². The van der Waals surface area contributed by atoms with Gasteiger partial charge in [0.25, 0.3) is 0 Å². The maximum Gasteiger partial charge on any atom is 0.233 e. The van der Waals surface area contributed by atoms with E-state index in [1.165, 1.54) is 11.8 Å². The molecular weight excluding hydrogens is 400 g/mol. The molecule has 0 saturated heterocycles. The maximum absolute atomic E-state index is 12.7. The Labute approximate surface area is 179 Å². The minimum Gasteiger partial charge on any atom is -0.497 e. The molecule has 0 radical (unpaired) electrons. The molecule has 0 fully saturated rings. The maximum atomic E-state index is 12.7. The van der Waals surface area contributed by atoms with Gasteiger partial charge in [-0.2, -0.15) is 5.10 Å². The largest absolute Gasteiger partial charge is 0.497 e. The number of carbonyl (C=O) groups is 1. The van der Waals surface area contributed by atoms with Gasteiger partial charge in [0.15, 0.2) is 10.8 Å². The quantitative estimate of drug-likeness (QED) is 0.275. The first-order chi connectivity index (χ1) is 14.5. The smallest absolute Gasteiger partial charge is 0.233 e. The Morgan fingerprint density at radius 3 is 2.70 bits per heavy atom. The standard InChI is InChI=1S/C21H28N6O2S/c1-5-7-12-23-20(28)16(6-2)30-21-24-19-17(13(3)25-26-19)18(22)27(21)14-8-10-15(29-4)11-9-14/h8-11,16,22H,5-7,12H2,1-4H3,(H,23,28)(H,25,26)/t16-/m0/s1. The molecule has 0 aliphatic rings. The number of H-pyrrole nitrogens is 1. The van der Waals surface area contributed by atoms with Crippen LogP contribution in [-0.4, -0.2) is 44.6 Å². The Bertz CT molecular complexity index is 1070. The van der Waals surface area contributed by atoms with Gasteiger partial charge in [0.05, 0.1) is 17.7 Å². The van der Waals surface area contributed by atoms with E-state index in [0.29, 0.717) is 29.2 Å². The second-order valence-corrected chi connectivity index (χ2v) is 8.15. The van der Waals surface area contributed by atoms with Crippen molar-refractivity contribution in [3.05, 3.63) is 35.4 Å². The zero-order valence-electron chi connectivity index (χ0n) is 17.8. The van der Waals surface area contributed by atoms with E-state index in [1.807, 2.05) is 38.1 Å². The fraction of sp³-hybridized carbons (Fsp3) is 0.429. The highest BCUT2D eigenvalue weighted by Crippen LogP contribution is 2.27. The SMILES string of the molecule is CCCCNC(=O)[C@H](CC)Sc1nc2n[nH]c(C)c2c(=N)n1-c1ccc(OC)cc1. The van der Waals surface area contributed by atoms with Crippen LogP contribution in [0.2, 0.25) is 0 Å². The lowest BCUT2D eigenvalue weighted by atomic mass is 10.2. The number of ether oxygens (including phenoxy) is 1. The van der Waals surface area contributed by atoms with E-state index in [0.717, 1.165) is 30.0 Å². The molecule has 1 aromatic carbocycles. The molecular formula is C21H28N6O2S. The van der Waals surface area contributed by atoms with Crippen LogP contribution in [0, 0.1) is 12.3 Å². The van der Waals surface area contributed by atoms with Gasteiger partial charge in [-0.15, -0.1) is 0 Å². The molecule has 9 heteroatoms. The van der Waals surface area contributed by atoms with E-state index >= 15 is 0 Å². The summed E-state index contributed by atoms with van der Waals surface area (Å²) in [6.07, 6.45) is 2.63. The van der Waals surface area contributed by atoms with E-state index < -0.39 is 0 Å². The van der Waals surface area contributed by atoms with E-state index in [4.69, 9.17) is 15.1 Å². The molecule has 2 heterocycles. The number of rotatable bonds is 9. The van der Waals surface area contributed by atoms with Crippen LogP contribution in [0.4, 0.5) is 0 Å². The summed E-state index contributed by atoms with van der Waals surface area (Å²) < 4.78 is 7.02. The number of nitrogens with one attached hydrogen (secondary N) is 3. The van der Waals surface area contributed by atoms with E-state index in [-0.39, 0.29) is 16.6 Å². The van der Waals surface area contributed by atoms with Crippen molar-refractivity contribution < 1.29 is 9.53 Å². The van der Waals surface area contributed by atoms with Gasteiger partial charge in [-0.05, 0) is 44.0 Å². The van der Waals surface area contributed by atoms with Crippen molar-refractivity contribution >= 4 is 28.7 Å². The Morgan fingerprint density at radius 2 is 2.07 bits per heavy atom. The molecule has 0 bridgehead atoms. The predicted molar refractivity (Wildman–Crippen MR) is 118 cm³/mol. The van der Waals surface area contributed by atoms with E-state index in [2.05, 4.69) is 22.4 Å². The van der Waals surface area contributed by atoms with E-state index in [9.17, 15) is 4.79 Å². The van der Waals surface area contributed by atoms with Gasteiger partial charge in [-0.25, -0.2) is 4.98 Å². The van der Waals surface area contributed by atoms with Gasteiger partial charge >= 0.3 is 0 Å². The van der Waals surface area contributed by atoms with Crippen molar-refractivity contribution in [1.82, 2.24) is 25.1 Å². The molecule has 8 nitrogen and oxygen atoms in total. The normalized spacial score (nSPS) is 12.1. The van der Waals surface area contributed by atoms with E-state index in [1.54, 1.807) is 11.7 Å². The zero-order chi connectivity index (χ0) is 21.7. The summed E-state index contributed by atoms with van der Waals surface area (Å²) in [7, 11) is 1.62. The number of hydrogen-bond donors (Lipinski definition) is 3. The number of benzene rings is 1. The van der Waals surface area contributed by atoms with Gasteiger partial charge in [0, 0.05) is 17.9 Å². The number of fused-ring (bicyclic) bond motifs is 1. The van der Waals surface area contributed by atoms with Gasteiger partial charge < -0.3 is 10.1 Å². The number of unbranched alkanes of at least 4 members (excludes halogenated alkanes) is 1. The van der Waals surface area contributed by atoms with Gasteiger partial charge in [-0.1, -0.05) is 32.0 Å².